The smallest absolute Gasteiger partial charge is 0.407 e. The molecule has 1 amide bonds. The van der Waals surface area contributed by atoms with Gasteiger partial charge in [0.25, 0.3) is 0 Å². The Balaban J connectivity index is 1.44. The van der Waals surface area contributed by atoms with E-state index in [1.165, 1.54) is 0 Å². The third-order valence-electron chi connectivity index (χ3n) is 5.14. The minimum atomic E-state index is -1.31. The van der Waals surface area contributed by atoms with E-state index in [4.69, 9.17) is 9.47 Å². The topological polar surface area (TPSA) is 118 Å². The van der Waals surface area contributed by atoms with Crippen molar-refractivity contribution in [3.63, 3.8) is 0 Å². The predicted molar refractivity (Wildman–Crippen MR) is 111 cm³/mol. The average molecular weight is 431 g/mol. The van der Waals surface area contributed by atoms with E-state index < -0.39 is 24.3 Å². The van der Waals surface area contributed by atoms with Gasteiger partial charge in [-0.15, -0.1) is 0 Å². The number of alkyl carbamates (subject to hydrolysis) is 1. The maximum Gasteiger partial charge on any atom is 0.407 e. The Labute approximate surface area is 178 Å². The Morgan fingerprint density at radius 2 is 2.23 bits per heavy atom. The third-order valence-corrected chi connectivity index (χ3v) is 5.14. The second-order valence-electron chi connectivity index (χ2n) is 7.88. The minimum absolute atomic E-state index is 0.0663. The largest absolute Gasteiger partial charge is 0.443 e. The van der Waals surface area contributed by atoms with Crippen LogP contribution in [0.25, 0.3) is 5.52 Å². The Morgan fingerprint density at radius 3 is 3.00 bits per heavy atom. The molecule has 10 nitrogen and oxygen atoms in total. The number of nitrogens with one attached hydrogen (secondary N) is 3. The second kappa shape index (κ2) is 8.88. The maximum atomic E-state index is 14.9. The monoisotopic (exact) mass is 431 g/mol. The van der Waals surface area contributed by atoms with Crippen molar-refractivity contribution in [3.8, 4) is 0 Å². The lowest BCUT2D eigenvalue weighted by molar-refractivity contribution is 0.0555. The van der Waals surface area contributed by atoms with Crippen LogP contribution in [0.2, 0.25) is 0 Å². The summed E-state index contributed by atoms with van der Waals surface area (Å²) in [6.45, 7) is 4.04. The number of rotatable bonds is 7. The highest BCUT2D eigenvalue weighted by Gasteiger charge is 2.40. The van der Waals surface area contributed by atoms with Crippen molar-refractivity contribution in [2.45, 2.75) is 57.5 Å². The van der Waals surface area contributed by atoms with Gasteiger partial charge in [-0.2, -0.15) is 10.2 Å². The molecule has 0 aliphatic heterocycles. The van der Waals surface area contributed by atoms with Crippen LogP contribution in [0.1, 0.15) is 44.0 Å². The number of nitrogens with zero attached hydrogens (tertiary/aromatic N) is 4. The van der Waals surface area contributed by atoms with Crippen molar-refractivity contribution < 1.29 is 18.7 Å². The van der Waals surface area contributed by atoms with E-state index in [-0.39, 0.29) is 6.04 Å². The fourth-order valence-corrected chi connectivity index (χ4v) is 3.78. The fraction of sp³-hybridized carbons (Fsp3) is 0.500. The summed E-state index contributed by atoms with van der Waals surface area (Å²) in [4.78, 5) is 16.2. The van der Waals surface area contributed by atoms with Gasteiger partial charge in [0.1, 0.15) is 17.8 Å². The SMILES string of the molecule is COCc1cc2c(Nc3cc([C@@H]4CC[C@H](OC(=O)NC(C)C)[C@H]4F)[nH]n3)nccn2n1. The molecule has 0 unspecified atom stereocenters. The molecule has 31 heavy (non-hydrogen) atoms. The van der Waals surface area contributed by atoms with E-state index in [0.717, 1.165) is 11.2 Å². The van der Waals surface area contributed by atoms with E-state index in [1.54, 1.807) is 30.1 Å². The third kappa shape index (κ3) is 4.61. The molecular weight excluding hydrogens is 405 g/mol. The Bertz CT molecular complexity index is 1050. The zero-order valence-corrected chi connectivity index (χ0v) is 17.6. The summed E-state index contributed by atoms with van der Waals surface area (Å²) in [5, 5.41) is 17.3. The van der Waals surface area contributed by atoms with Crippen LogP contribution in [-0.2, 0) is 16.1 Å². The van der Waals surface area contributed by atoms with Crippen LogP contribution in [0, 0.1) is 0 Å². The van der Waals surface area contributed by atoms with Gasteiger partial charge in [-0.1, -0.05) is 0 Å². The summed E-state index contributed by atoms with van der Waals surface area (Å²) in [7, 11) is 1.61. The molecule has 3 N–H and O–H groups in total. The molecule has 0 radical (unpaired) electrons. The zero-order chi connectivity index (χ0) is 22.0. The highest BCUT2D eigenvalue weighted by atomic mass is 19.1. The van der Waals surface area contributed by atoms with Crippen molar-refractivity contribution in [1.82, 2.24) is 30.1 Å². The summed E-state index contributed by atoms with van der Waals surface area (Å²) < 4.78 is 27.0. The molecule has 0 spiro atoms. The number of alkyl halides is 1. The van der Waals surface area contributed by atoms with Gasteiger partial charge < -0.3 is 20.1 Å². The van der Waals surface area contributed by atoms with Gasteiger partial charge in [0.2, 0.25) is 0 Å². The Kier molecular flexibility index (Phi) is 6.03. The molecule has 166 valence electrons. The normalized spacial score (nSPS) is 21.0. The van der Waals surface area contributed by atoms with E-state index >= 15 is 0 Å². The highest BCUT2D eigenvalue weighted by molar-refractivity contribution is 5.72. The first kappa shape index (κ1) is 21.0. The lowest BCUT2D eigenvalue weighted by Crippen LogP contribution is -2.36. The van der Waals surface area contributed by atoms with Gasteiger partial charge in [-0.05, 0) is 32.8 Å². The quantitative estimate of drug-likeness (QED) is 0.526. The van der Waals surface area contributed by atoms with Gasteiger partial charge in [0, 0.05) is 43.2 Å². The van der Waals surface area contributed by atoms with Crippen molar-refractivity contribution in [2.75, 3.05) is 12.4 Å². The van der Waals surface area contributed by atoms with Crippen molar-refractivity contribution in [1.29, 1.82) is 0 Å². The number of carbonyl (C=O) groups is 1. The van der Waals surface area contributed by atoms with Gasteiger partial charge in [-0.25, -0.2) is 18.7 Å². The number of aromatic nitrogens is 5. The van der Waals surface area contributed by atoms with Crippen LogP contribution in [-0.4, -0.2) is 56.3 Å². The number of carbonyl (C=O) groups excluding carboxylic acids is 1. The molecule has 1 saturated carbocycles. The molecule has 3 aromatic rings. The van der Waals surface area contributed by atoms with Crippen molar-refractivity contribution >= 4 is 23.2 Å². The van der Waals surface area contributed by atoms with Crippen molar-refractivity contribution in [3.05, 3.63) is 35.9 Å². The lowest BCUT2D eigenvalue weighted by Gasteiger charge is -2.18. The van der Waals surface area contributed by atoms with Crippen LogP contribution in [0.3, 0.4) is 0 Å². The number of ether oxygens (including phenoxy) is 2. The number of aromatic amines is 1. The van der Waals surface area contributed by atoms with E-state index in [0.29, 0.717) is 36.8 Å². The van der Waals surface area contributed by atoms with Crippen LogP contribution in [0.5, 0.6) is 0 Å². The molecule has 1 aliphatic carbocycles. The molecule has 3 aromatic heterocycles. The summed E-state index contributed by atoms with van der Waals surface area (Å²) in [6, 6.07) is 3.57. The number of methoxy groups -OCH3 is 1. The van der Waals surface area contributed by atoms with Gasteiger partial charge in [0.15, 0.2) is 11.6 Å². The van der Waals surface area contributed by atoms with Gasteiger partial charge >= 0.3 is 6.09 Å². The number of fused-ring (bicyclic) bond motifs is 1. The summed E-state index contributed by atoms with van der Waals surface area (Å²) in [5.41, 5.74) is 2.19. The molecule has 3 heterocycles. The van der Waals surface area contributed by atoms with Crippen LogP contribution < -0.4 is 10.6 Å². The minimum Gasteiger partial charge on any atom is -0.443 e. The number of H-pyrrole nitrogens is 1. The number of halogens is 1. The first-order valence-electron chi connectivity index (χ1n) is 10.2. The van der Waals surface area contributed by atoms with Crippen LogP contribution >= 0.6 is 0 Å². The van der Waals surface area contributed by atoms with E-state index in [9.17, 15) is 9.18 Å². The Hall–Kier alpha value is -3.21. The number of amides is 1. The number of hydrogen-bond donors (Lipinski definition) is 3. The summed E-state index contributed by atoms with van der Waals surface area (Å²) in [6.07, 6.45) is 1.71. The molecule has 1 fully saturated rings. The molecule has 4 rings (SSSR count). The second-order valence-corrected chi connectivity index (χ2v) is 7.88. The standard InChI is InChI=1S/C20H26FN7O3/c1-11(2)23-20(29)31-16-5-4-13(18(16)21)14-9-17(26-25-14)24-19-15-8-12(10-30-3)27-28(15)7-6-22-19/h6-9,11,13,16,18H,4-5,10H2,1-3H3,(H,23,29)(H2,22,24,25,26)/t13-,16-,18-/m0/s1. The van der Waals surface area contributed by atoms with E-state index in [1.807, 2.05) is 19.9 Å². The molecule has 0 bridgehead atoms. The van der Waals surface area contributed by atoms with Crippen LogP contribution in [0.4, 0.5) is 20.8 Å². The number of anilines is 2. The average Bonchev–Trinajstić information content (AvgIpc) is 3.41. The highest BCUT2D eigenvalue weighted by Crippen LogP contribution is 2.38. The predicted octanol–water partition coefficient (Wildman–Crippen LogP) is 3.06. The molecule has 0 saturated heterocycles. The molecule has 3 atom stereocenters. The zero-order valence-electron chi connectivity index (χ0n) is 17.6. The summed E-state index contributed by atoms with van der Waals surface area (Å²) >= 11 is 0. The van der Waals surface area contributed by atoms with Crippen molar-refractivity contribution in [2.24, 2.45) is 0 Å². The Morgan fingerprint density at radius 1 is 1.39 bits per heavy atom. The molecular formula is C20H26FN7O3. The van der Waals surface area contributed by atoms with Gasteiger partial charge in [0.05, 0.1) is 12.3 Å². The lowest BCUT2D eigenvalue weighted by atomic mass is 10.0. The summed E-state index contributed by atoms with van der Waals surface area (Å²) in [5.74, 6) is 0.663. The van der Waals surface area contributed by atoms with Crippen LogP contribution in [0.15, 0.2) is 24.5 Å². The fourth-order valence-electron chi connectivity index (χ4n) is 3.78. The molecule has 1 aliphatic rings. The first-order chi connectivity index (χ1) is 14.9. The maximum absolute atomic E-state index is 14.9. The molecule has 0 aromatic carbocycles. The first-order valence-corrected chi connectivity index (χ1v) is 10.2. The molecule has 11 heteroatoms. The van der Waals surface area contributed by atoms with Gasteiger partial charge in [-0.3, -0.25) is 5.10 Å². The van der Waals surface area contributed by atoms with E-state index in [2.05, 4.69) is 30.9 Å². The number of hydrogen-bond acceptors (Lipinski definition) is 7.